The molecule has 31 heavy (non-hydrogen) atoms. The van der Waals surface area contributed by atoms with Crippen LogP contribution in [0, 0.1) is 45.5 Å². The third-order valence-corrected chi connectivity index (χ3v) is 6.67. The van der Waals surface area contributed by atoms with Crippen molar-refractivity contribution in [1.29, 1.82) is 10.5 Å². The van der Waals surface area contributed by atoms with E-state index in [1.165, 1.54) is 6.08 Å². The number of nitriles is 2. The largest absolute Gasteiger partial charge is 0.476 e. The van der Waals surface area contributed by atoms with E-state index >= 15 is 0 Å². The summed E-state index contributed by atoms with van der Waals surface area (Å²) in [6, 6.07) is 8.07. The third kappa shape index (κ3) is 3.70. The molecule has 3 aliphatic carbocycles. The molecular formula is C22H18IN5O3. The van der Waals surface area contributed by atoms with E-state index in [2.05, 4.69) is 21.4 Å². The van der Waals surface area contributed by atoms with E-state index in [-0.39, 0.29) is 28.5 Å². The van der Waals surface area contributed by atoms with Gasteiger partial charge in [0.25, 0.3) is 0 Å². The summed E-state index contributed by atoms with van der Waals surface area (Å²) in [5.41, 5.74) is 1.89. The van der Waals surface area contributed by atoms with E-state index in [1.54, 1.807) is 6.08 Å². The van der Waals surface area contributed by atoms with E-state index in [4.69, 9.17) is 10.00 Å². The predicted molar refractivity (Wildman–Crippen MR) is 121 cm³/mol. The van der Waals surface area contributed by atoms with E-state index < -0.39 is 5.97 Å². The minimum atomic E-state index is -1.17. The lowest BCUT2D eigenvalue weighted by molar-refractivity contribution is -0.0665. The van der Waals surface area contributed by atoms with Gasteiger partial charge in [-0.2, -0.15) is 15.5 Å². The van der Waals surface area contributed by atoms with Gasteiger partial charge in [0.1, 0.15) is 9.32 Å². The molecule has 5 rings (SSSR count). The summed E-state index contributed by atoms with van der Waals surface area (Å²) in [6.07, 6.45) is 5.24. The van der Waals surface area contributed by atoms with Gasteiger partial charge in [-0.15, -0.1) is 0 Å². The van der Waals surface area contributed by atoms with Crippen LogP contribution in [-0.2, 0) is 0 Å². The van der Waals surface area contributed by atoms with Gasteiger partial charge in [-0.1, -0.05) is 0 Å². The summed E-state index contributed by atoms with van der Waals surface area (Å²) in [6.45, 7) is 3.75. The number of hydrogen-bond acceptors (Lipinski definition) is 7. The molecule has 0 aliphatic heterocycles. The fraction of sp³-hybridized carbons (Fsp3) is 0.318. The molecule has 0 atom stereocenters. The number of rotatable bonds is 6. The van der Waals surface area contributed by atoms with Crippen LogP contribution in [0.4, 0.5) is 5.95 Å². The first-order valence-corrected chi connectivity index (χ1v) is 10.6. The summed E-state index contributed by atoms with van der Waals surface area (Å²) < 4.78 is 6.38. The highest BCUT2D eigenvalue weighted by molar-refractivity contribution is 14.1. The monoisotopic (exact) mass is 527 g/mol. The van der Waals surface area contributed by atoms with Gasteiger partial charge in [0.15, 0.2) is 5.69 Å². The zero-order valence-electron chi connectivity index (χ0n) is 16.9. The zero-order valence-corrected chi connectivity index (χ0v) is 19.0. The molecular weight excluding hydrogens is 509 g/mol. The minimum Gasteiger partial charge on any atom is -0.476 e. The number of allylic oxidation sites excluding steroid dienone is 1. The van der Waals surface area contributed by atoms with Gasteiger partial charge in [0, 0.05) is 11.6 Å². The maximum absolute atomic E-state index is 11.8. The first-order chi connectivity index (χ1) is 14.7. The SMILES string of the molecule is Cc1cc(/C=C/C#N)cc(C)c1Oc1nc(NC23CC(C#N)(C2)C3)nc(C(=O)O)c1I. The van der Waals surface area contributed by atoms with Crippen LogP contribution < -0.4 is 10.1 Å². The van der Waals surface area contributed by atoms with Crippen LogP contribution in [0.5, 0.6) is 11.6 Å². The molecule has 156 valence electrons. The number of hydrogen-bond donors (Lipinski definition) is 2. The van der Waals surface area contributed by atoms with Crippen molar-refractivity contribution in [2.45, 2.75) is 38.6 Å². The van der Waals surface area contributed by atoms with Crippen LogP contribution in [0.25, 0.3) is 6.08 Å². The van der Waals surface area contributed by atoms with Crippen LogP contribution in [0.3, 0.4) is 0 Å². The number of carboxylic acids is 1. The number of nitrogens with zero attached hydrogens (tertiary/aromatic N) is 4. The molecule has 2 bridgehead atoms. The Hall–Kier alpha value is -3.18. The molecule has 3 saturated carbocycles. The Morgan fingerprint density at radius 2 is 1.90 bits per heavy atom. The number of carbonyl (C=O) groups is 1. The molecule has 1 heterocycles. The number of halogens is 1. The lowest BCUT2D eigenvalue weighted by Gasteiger charge is -2.66. The highest BCUT2D eigenvalue weighted by Crippen LogP contribution is 2.67. The standard InChI is InChI=1S/C22H18IN5O3/c1-12-6-14(4-3-5-24)7-13(2)17(12)31-18-15(23)16(19(29)30)26-20(27-18)28-22-8-21(9-22,10-22)11-25/h3-4,6-7H,8-10H2,1-2H3,(H,29,30)(H,26,27,28)/b4-3+. The maximum Gasteiger partial charge on any atom is 0.355 e. The fourth-order valence-corrected chi connectivity index (χ4v) is 5.02. The van der Waals surface area contributed by atoms with E-state index in [1.807, 2.05) is 54.6 Å². The van der Waals surface area contributed by atoms with Gasteiger partial charge >= 0.3 is 5.97 Å². The number of aromatic nitrogens is 2. The van der Waals surface area contributed by atoms with Gasteiger partial charge in [-0.25, -0.2) is 9.78 Å². The number of aromatic carboxylic acids is 1. The van der Waals surface area contributed by atoms with Crippen molar-refractivity contribution in [3.63, 3.8) is 0 Å². The normalized spacial score (nSPS) is 23.3. The number of nitrogens with one attached hydrogen (secondary N) is 1. The Morgan fingerprint density at radius 1 is 1.26 bits per heavy atom. The van der Waals surface area contributed by atoms with Crippen LogP contribution in [0.1, 0.15) is 46.4 Å². The molecule has 2 aromatic rings. The summed E-state index contributed by atoms with van der Waals surface area (Å²) in [5.74, 6) is -0.260. The molecule has 1 aromatic carbocycles. The van der Waals surface area contributed by atoms with Gasteiger partial charge in [-0.3, -0.25) is 0 Å². The van der Waals surface area contributed by atoms with Crippen LogP contribution in [0.2, 0.25) is 0 Å². The fourth-order valence-electron chi connectivity index (χ4n) is 4.44. The minimum absolute atomic E-state index is 0.140. The van der Waals surface area contributed by atoms with Crippen molar-refractivity contribution in [2.24, 2.45) is 5.41 Å². The Balaban J connectivity index is 1.66. The number of benzene rings is 1. The molecule has 2 N–H and O–H groups in total. The molecule has 0 saturated heterocycles. The van der Waals surface area contributed by atoms with Crippen LogP contribution in [0.15, 0.2) is 18.2 Å². The summed E-state index contributed by atoms with van der Waals surface area (Å²) in [4.78, 5) is 20.4. The maximum atomic E-state index is 11.8. The van der Waals surface area contributed by atoms with Crippen LogP contribution in [-0.4, -0.2) is 26.6 Å². The highest BCUT2D eigenvalue weighted by atomic mass is 127. The third-order valence-electron chi connectivity index (χ3n) is 5.70. The molecule has 0 unspecified atom stereocenters. The van der Waals surface area contributed by atoms with E-state index in [9.17, 15) is 15.2 Å². The van der Waals surface area contributed by atoms with E-state index in [0.717, 1.165) is 16.7 Å². The number of aryl methyl sites for hydroxylation is 2. The van der Waals surface area contributed by atoms with Crippen LogP contribution >= 0.6 is 22.6 Å². The molecule has 0 radical (unpaired) electrons. The Morgan fingerprint density at radius 3 is 2.45 bits per heavy atom. The summed E-state index contributed by atoms with van der Waals surface area (Å²) >= 11 is 1.88. The van der Waals surface area contributed by atoms with Gasteiger partial charge in [0.05, 0.1) is 17.6 Å². The lowest BCUT2D eigenvalue weighted by atomic mass is 9.40. The number of carboxylic acid groups (broad SMARTS) is 1. The van der Waals surface area contributed by atoms with Crippen molar-refractivity contribution in [3.05, 3.63) is 44.2 Å². The van der Waals surface area contributed by atoms with Crippen molar-refractivity contribution >= 4 is 40.6 Å². The van der Waals surface area contributed by atoms with Gasteiger partial charge in [-0.05, 0) is 90.6 Å². The molecule has 8 nitrogen and oxygen atoms in total. The van der Waals surface area contributed by atoms with Crippen molar-refractivity contribution < 1.29 is 14.6 Å². The predicted octanol–water partition coefficient (Wildman–Crippen LogP) is 4.58. The Kier molecular flexibility index (Phi) is 5.10. The molecule has 9 heteroatoms. The lowest BCUT2D eigenvalue weighted by Crippen LogP contribution is -2.70. The second-order valence-corrected chi connectivity index (χ2v) is 9.27. The molecule has 1 aromatic heterocycles. The number of anilines is 1. The first kappa shape index (κ1) is 21.1. The van der Waals surface area contributed by atoms with Crippen molar-refractivity contribution in [1.82, 2.24) is 9.97 Å². The Labute approximate surface area is 192 Å². The van der Waals surface area contributed by atoms with Gasteiger partial charge < -0.3 is 15.2 Å². The molecule has 0 amide bonds. The summed E-state index contributed by atoms with van der Waals surface area (Å²) in [7, 11) is 0. The molecule has 3 aliphatic rings. The molecule has 3 fully saturated rings. The first-order valence-electron chi connectivity index (χ1n) is 9.55. The summed E-state index contributed by atoms with van der Waals surface area (Å²) in [5, 5.41) is 30.8. The quantitative estimate of drug-likeness (QED) is 0.412. The zero-order chi connectivity index (χ0) is 22.4. The molecule has 0 spiro atoms. The van der Waals surface area contributed by atoms with E-state index in [0.29, 0.717) is 28.6 Å². The van der Waals surface area contributed by atoms with Crippen molar-refractivity contribution in [2.75, 3.05) is 5.32 Å². The van der Waals surface area contributed by atoms with Crippen molar-refractivity contribution in [3.8, 4) is 23.8 Å². The second kappa shape index (κ2) is 7.50. The smallest absolute Gasteiger partial charge is 0.355 e. The van der Waals surface area contributed by atoms with Gasteiger partial charge in [0.2, 0.25) is 11.8 Å². The second-order valence-electron chi connectivity index (χ2n) is 8.20. The topological polar surface area (TPSA) is 132 Å². The highest BCUT2D eigenvalue weighted by Gasteiger charge is 2.69. The average Bonchev–Trinajstić information content (AvgIpc) is 2.66. The average molecular weight is 527 g/mol. The Bertz CT molecular complexity index is 1180. The number of ether oxygens (including phenoxy) is 1.